The number of carbonyl (C=O) groups excluding carboxylic acids is 1. The average Bonchev–Trinajstić information content (AvgIpc) is 2.75. The number of fused-ring (bicyclic) bond motifs is 1. The molecule has 0 aliphatic heterocycles. The number of nitrogens with one attached hydrogen (secondary N) is 2. The van der Waals surface area contributed by atoms with E-state index >= 15 is 0 Å². The van der Waals surface area contributed by atoms with Crippen LogP contribution < -0.4 is 10.6 Å². The number of aryl methyl sites for hydroxylation is 1. The fourth-order valence-electron chi connectivity index (χ4n) is 3.61. The molecule has 6 nitrogen and oxygen atoms in total. The highest BCUT2D eigenvalue weighted by Crippen LogP contribution is 2.30. The molecule has 0 saturated carbocycles. The van der Waals surface area contributed by atoms with Gasteiger partial charge < -0.3 is 15.7 Å². The lowest BCUT2D eigenvalue weighted by Crippen LogP contribution is -2.26. The van der Waals surface area contributed by atoms with Crippen LogP contribution in [0.3, 0.4) is 0 Å². The number of carbonyl (C=O) groups is 2. The largest absolute Gasteiger partial charge is 0.481 e. The van der Waals surface area contributed by atoms with Crippen molar-refractivity contribution in [1.82, 2.24) is 10.3 Å². The molecule has 0 aliphatic rings. The monoisotopic (exact) mass is 419 g/mol. The van der Waals surface area contributed by atoms with Crippen molar-refractivity contribution >= 4 is 28.5 Å². The minimum atomic E-state index is -0.934. The predicted octanol–water partition coefficient (Wildman–Crippen LogP) is 4.95. The maximum absolute atomic E-state index is 12.2. The third-order valence-electron chi connectivity index (χ3n) is 5.28. The van der Waals surface area contributed by atoms with Crippen molar-refractivity contribution in [3.8, 4) is 0 Å². The first-order valence-corrected chi connectivity index (χ1v) is 10.6. The second kappa shape index (κ2) is 10.1. The van der Waals surface area contributed by atoms with Gasteiger partial charge in [0.15, 0.2) is 0 Å². The molecule has 1 atom stereocenters. The van der Waals surface area contributed by atoms with Crippen LogP contribution in [-0.2, 0) is 4.79 Å². The van der Waals surface area contributed by atoms with E-state index in [4.69, 9.17) is 5.11 Å². The molecule has 0 spiro atoms. The predicted molar refractivity (Wildman–Crippen MR) is 123 cm³/mol. The van der Waals surface area contributed by atoms with E-state index < -0.39 is 5.97 Å². The zero-order valence-electron chi connectivity index (χ0n) is 18.2. The van der Waals surface area contributed by atoms with Gasteiger partial charge in [-0.2, -0.15) is 0 Å². The van der Waals surface area contributed by atoms with E-state index in [0.29, 0.717) is 11.5 Å². The summed E-state index contributed by atoms with van der Waals surface area (Å²) in [7, 11) is 0. The van der Waals surface area contributed by atoms with E-state index in [2.05, 4.69) is 42.5 Å². The highest BCUT2D eigenvalue weighted by atomic mass is 16.4. The Morgan fingerprint density at radius 3 is 2.45 bits per heavy atom. The summed E-state index contributed by atoms with van der Waals surface area (Å²) >= 11 is 0. The van der Waals surface area contributed by atoms with Crippen LogP contribution in [-0.4, -0.2) is 28.5 Å². The number of rotatable bonds is 9. The van der Waals surface area contributed by atoms with Crippen LogP contribution in [0.4, 0.5) is 5.69 Å². The normalized spacial score (nSPS) is 12.0. The molecule has 1 unspecified atom stereocenters. The SMILES string of the molecule is Cc1c(NC(CC(C)C)c2ccc(C(=O)NCCC(=O)O)cc2)cnc2ccccc12. The lowest BCUT2D eigenvalue weighted by Gasteiger charge is -2.24. The van der Waals surface area contributed by atoms with E-state index in [1.807, 2.05) is 36.5 Å². The molecule has 162 valence electrons. The first-order valence-electron chi connectivity index (χ1n) is 10.6. The quantitative estimate of drug-likeness (QED) is 0.457. The Morgan fingerprint density at radius 1 is 1.06 bits per heavy atom. The van der Waals surface area contributed by atoms with Gasteiger partial charge in [0.25, 0.3) is 5.91 Å². The third kappa shape index (κ3) is 5.81. The minimum Gasteiger partial charge on any atom is -0.481 e. The summed E-state index contributed by atoms with van der Waals surface area (Å²) in [5.74, 6) is -0.724. The highest BCUT2D eigenvalue weighted by molar-refractivity contribution is 5.94. The van der Waals surface area contributed by atoms with Crippen LogP contribution in [0, 0.1) is 12.8 Å². The van der Waals surface area contributed by atoms with Gasteiger partial charge in [0.1, 0.15) is 0 Å². The Kier molecular flexibility index (Phi) is 7.23. The maximum atomic E-state index is 12.2. The second-order valence-electron chi connectivity index (χ2n) is 8.16. The fraction of sp³-hybridized carbons (Fsp3) is 0.320. The summed E-state index contributed by atoms with van der Waals surface area (Å²) in [5, 5.41) is 16.1. The van der Waals surface area contributed by atoms with Crippen molar-refractivity contribution in [2.75, 3.05) is 11.9 Å². The Hall–Kier alpha value is -3.41. The third-order valence-corrected chi connectivity index (χ3v) is 5.28. The van der Waals surface area contributed by atoms with Crippen LogP contribution in [0.15, 0.2) is 54.7 Å². The number of carboxylic acid groups (broad SMARTS) is 1. The number of amides is 1. The van der Waals surface area contributed by atoms with Gasteiger partial charge in [0, 0.05) is 17.5 Å². The number of pyridine rings is 1. The molecule has 3 rings (SSSR count). The molecule has 0 aliphatic carbocycles. The van der Waals surface area contributed by atoms with E-state index in [-0.39, 0.29) is 24.9 Å². The molecule has 1 heterocycles. The number of benzene rings is 2. The van der Waals surface area contributed by atoms with Crippen molar-refractivity contribution < 1.29 is 14.7 Å². The number of aliphatic carboxylic acids is 1. The topological polar surface area (TPSA) is 91.3 Å². The lowest BCUT2D eigenvalue weighted by atomic mass is 9.95. The molecule has 31 heavy (non-hydrogen) atoms. The molecule has 3 aromatic rings. The molecule has 0 bridgehead atoms. The highest BCUT2D eigenvalue weighted by Gasteiger charge is 2.16. The van der Waals surface area contributed by atoms with Crippen LogP contribution in [0.1, 0.15) is 54.2 Å². The van der Waals surface area contributed by atoms with Crippen LogP contribution in [0.2, 0.25) is 0 Å². The number of aromatic nitrogens is 1. The van der Waals surface area contributed by atoms with Gasteiger partial charge in [-0.3, -0.25) is 14.6 Å². The molecular weight excluding hydrogens is 390 g/mol. The summed E-state index contributed by atoms with van der Waals surface area (Å²) < 4.78 is 0. The number of hydrogen-bond donors (Lipinski definition) is 3. The molecule has 1 aromatic heterocycles. The molecule has 0 saturated heterocycles. The first-order chi connectivity index (χ1) is 14.8. The minimum absolute atomic E-state index is 0.0748. The van der Waals surface area contributed by atoms with Gasteiger partial charge in [-0.05, 0) is 48.6 Å². The zero-order chi connectivity index (χ0) is 22.4. The van der Waals surface area contributed by atoms with Crippen molar-refractivity contribution in [2.45, 2.75) is 39.7 Å². The lowest BCUT2D eigenvalue weighted by molar-refractivity contribution is -0.136. The molecule has 0 radical (unpaired) electrons. The number of carboxylic acids is 1. The van der Waals surface area contributed by atoms with Gasteiger partial charge >= 0.3 is 5.97 Å². The van der Waals surface area contributed by atoms with Gasteiger partial charge in [-0.15, -0.1) is 0 Å². The van der Waals surface area contributed by atoms with Crippen molar-refractivity contribution in [1.29, 1.82) is 0 Å². The van der Waals surface area contributed by atoms with Crippen LogP contribution in [0.25, 0.3) is 10.9 Å². The molecular formula is C25H29N3O3. The maximum Gasteiger partial charge on any atom is 0.305 e. The van der Waals surface area contributed by atoms with Crippen molar-refractivity contribution in [3.63, 3.8) is 0 Å². The molecule has 6 heteroatoms. The van der Waals surface area contributed by atoms with Crippen LogP contribution >= 0.6 is 0 Å². The first kappa shape index (κ1) is 22.3. The van der Waals surface area contributed by atoms with E-state index in [9.17, 15) is 9.59 Å². The Morgan fingerprint density at radius 2 is 1.77 bits per heavy atom. The number of nitrogens with zero attached hydrogens (tertiary/aromatic N) is 1. The number of anilines is 1. The summed E-state index contributed by atoms with van der Waals surface area (Å²) in [6.45, 7) is 6.58. The Labute approximate surface area is 182 Å². The summed E-state index contributed by atoms with van der Waals surface area (Å²) in [6.07, 6.45) is 2.72. The summed E-state index contributed by atoms with van der Waals surface area (Å²) in [5.41, 5.74) is 4.74. The zero-order valence-corrected chi connectivity index (χ0v) is 18.2. The summed E-state index contributed by atoms with van der Waals surface area (Å²) in [4.78, 5) is 27.4. The average molecular weight is 420 g/mol. The molecule has 3 N–H and O–H groups in total. The Bertz CT molecular complexity index is 1060. The standard InChI is InChI=1S/C25H29N3O3/c1-16(2)14-22(28-23-15-27-21-7-5-4-6-20(21)17(23)3)18-8-10-19(11-9-18)25(31)26-13-12-24(29)30/h4-11,15-16,22,28H,12-14H2,1-3H3,(H,26,31)(H,29,30). The van der Waals surface area contributed by atoms with Crippen LogP contribution in [0.5, 0.6) is 0 Å². The smallest absolute Gasteiger partial charge is 0.305 e. The number of hydrogen-bond acceptors (Lipinski definition) is 4. The van der Waals surface area contributed by atoms with Crippen molar-refractivity contribution in [3.05, 3.63) is 71.4 Å². The van der Waals surface area contributed by atoms with E-state index in [1.165, 1.54) is 0 Å². The molecule has 2 aromatic carbocycles. The Balaban J connectivity index is 1.79. The summed E-state index contributed by atoms with van der Waals surface area (Å²) in [6, 6.07) is 15.7. The van der Waals surface area contributed by atoms with E-state index in [1.54, 1.807) is 12.1 Å². The van der Waals surface area contributed by atoms with Gasteiger partial charge in [-0.1, -0.05) is 44.2 Å². The molecule has 1 amide bonds. The van der Waals surface area contributed by atoms with Crippen molar-refractivity contribution in [2.24, 2.45) is 5.92 Å². The van der Waals surface area contributed by atoms with Gasteiger partial charge in [-0.25, -0.2) is 0 Å². The molecule has 0 fully saturated rings. The fourth-order valence-corrected chi connectivity index (χ4v) is 3.61. The van der Waals surface area contributed by atoms with Gasteiger partial charge in [0.05, 0.1) is 29.9 Å². The van der Waals surface area contributed by atoms with Gasteiger partial charge in [0.2, 0.25) is 0 Å². The number of para-hydroxylation sites is 1. The second-order valence-corrected chi connectivity index (χ2v) is 8.16. The van der Waals surface area contributed by atoms with E-state index in [0.717, 1.165) is 34.1 Å².